The van der Waals surface area contributed by atoms with Crippen LogP contribution in [-0.4, -0.2) is 25.0 Å². The predicted octanol–water partition coefficient (Wildman–Crippen LogP) is 0.720. The maximum absolute atomic E-state index is 5.86. The normalized spacial score (nSPS) is 10.9. The first-order valence-electron chi connectivity index (χ1n) is 3.38. The Bertz CT molecular complexity index is 435. The molecule has 2 rings (SSSR count). The summed E-state index contributed by atoms with van der Waals surface area (Å²) >= 11 is 5.86. The molecule has 0 aromatic carbocycles. The zero-order valence-electron chi connectivity index (χ0n) is 6.61. The maximum atomic E-state index is 5.86. The van der Waals surface area contributed by atoms with Crippen molar-refractivity contribution >= 4 is 22.8 Å². The Labute approximate surface area is 73.4 Å². The summed E-state index contributed by atoms with van der Waals surface area (Å²) < 4.78 is 1.55. The van der Waals surface area contributed by atoms with E-state index in [9.17, 15) is 0 Å². The van der Waals surface area contributed by atoms with Crippen LogP contribution in [0.5, 0.6) is 0 Å². The number of aromatic nitrogens is 5. The third-order valence-electron chi connectivity index (χ3n) is 1.53. The highest BCUT2D eigenvalue weighted by atomic mass is 35.5. The van der Waals surface area contributed by atoms with Crippen molar-refractivity contribution in [2.75, 3.05) is 0 Å². The van der Waals surface area contributed by atoms with E-state index < -0.39 is 0 Å². The van der Waals surface area contributed by atoms with Crippen LogP contribution in [0.15, 0.2) is 0 Å². The Morgan fingerprint density at radius 3 is 2.83 bits per heavy atom. The second-order valence-corrected chi connectivity index (χ2v) is 2.80. The van der Waals surface area contributed by atoms with Crippen LogP contribution in [0, 0.1) is 6.92 Å². The van der Waals surface area contributed by atoms with E-state index >= 15 is 0 Å². The third-order valence-corrected chi connectivity index (χ3v) is 1.80. The highest BCUT2D eigenvalue weighted by Gasteiger charge is 2.08. The minimum Gasteiger partial charge on any atom is -0.243 e. The van der Waals surface area contributed by atoms with E-state index in [1.165, 1.54) is 0 Å². The Kier molecular flexibility index (Phi) is 1.47. The summed E-state index contributed by atoms with van der Waals surface area (Å²) in [6, 6.07) is 0. The molecule has 2 aromatic heterocycles. The van der Waals surface area contributed by atoms with Gasteiger partial charge in [-0.1, -0.05) is 16.8 Å². The van der Waals surface area contributed by atoms with E-state index in [1.54, 1.807) is 18.7 Å². The van der Waals surface area contributed by atoms with Gasteiger partial charge in [-0.25, -0.2) is 14.6 Å². The van der Waals surface area contributed by atoms with Crippen LogP contribution in [0.25, 0.3) is 11.2 Å². The molecule has 2 heterocycles. The molecule has 0 aliphatic rings. The van der Waals surface area contributed by atoms with Gasteiger partial charge < -0.3 is 0 Å². The van der Waals surface area contributed by atoms with Crippen LogP contribution in [0.4, 0.5) is 0 Å². The molecule has 0 atom stereocenters. The van der Waals surface area contributed by atoms with Gasteiger partial charge >= 0.3 is 0 Å². The van der Waals surface area contributed by atoms with Gasteiger partial charge in [0.2, 0.25) is 5.65 Å². The summed E-state index contributed by atoms with van der Waals surface area (Å²) in [5, 5.41) is 7.99. The van der Waals surface area contributed by atoms with Crippen molar-refractivity contribution < 1.29 is 0 Å². The molecule has 62 valence electrons. The molecule has 0 fully saturated rings. The number of rotatable bonds is 0. The number of hydrogen-bond donors (Lipinski definition) is 0. The van der Waals surface area contributed by atoms with Gasteiger partial charge in [0.1, 0.15) is 11.3 Å². The van der Waals surface area contributed by atoms with Crippen LogP contribution in [-0.2, 0) is 7.05 Å². The molecule has 0 amide bonds. The maximum Gasteiger partial charge on any atom is 0.206 e. The second-order valence-electron chi connectivity index (χ2n) is 2.45. The Balaban J connectivity index is 2.93. The van der Waals surface area contributed by atoms with E-state index in [1.807, 2.05) is 0 Å². The molecular formula is C6H6ClN5. The van der Waals surface area contributed by atoms with E-state index in [0.717, 1.165) is 0 Å². The van der Waals surface area contributed by atoms with E-state index in [0.29, 0.717) is 22.1 Å². The predicted molar refractivity (Wildman–Crippen MR) is 43.8 cm³/mol. The molecule has 0 aliphatic carbocycles. The SMILES string of the molecule is Cc1nc(Cl)c2c(nnn2C)n1. The summed E-state index contributed by atoms with van der Waals surface area (Å²) in [5.41, 5.74) is 1.21. The van der Waals surface area contributed by atoms with Gasteiger partial charge in [-0.3, -0.25) is 0 Å². The van der Waals surface area contributed by atoms with Crippen molar-refractivity contribution in [1.82, 2.24) is 25.0 Å². The number of halogens is 1. The fourth-order valence-electron chi connectivity index (χ4n) is 1.02. The van der Waals surface area contributed by atoms with Crippen molar-refractivity contribution in [3.05, 3.63) is 11.0 Å². The molecule has 12 heavy (non-hydrogen) atoms. The first-order chi connectivity index (χ1) is 5.68. The topological polar surface area (TPSA) is 56.5 Å². The number of hydrogen-bond acceptors (Lipinski definition) is 4. The molecule has 0 saturated carbocycles. The fraction of sp³-hybridized carbons (Fsp3) is 0.333. The Morgan fingerprint density at radius 2 is 2.08 bits per heavy atom. The average Bonchev–Trinajstić information content (AvgIpc) is 2.31. The monoisotopic (exact) mass is 183 g/mol. The van der Waals surface area contributed by atoms with Gasteiger partial charge in [-0.05, 0) is 6.92 Å². The molecular weight excluding hydrogens is 178 g/mol. The largest absolute Gasteiger partial charge is 0.243 e. The van der Waals surface area contributed by atoms with Crippen LogP contribution < -0.4 is 0 Å². The van der Waals surface area contributed by atoms with E-state index in [4.69, 9.17) is 11.6 Å². The van der Waals surface area contributed by atoms with E-state index in [2.05, 4.69) is 20.3 Å². The summed E-state index contributed by atoms with van der Waals surface area (Å²) in [7, 11) is 1.75. The third kappa shape index (κ3) is 0.937. The van der Waals surface area contributed by atoms with Crippen molar-refractivity contribution in [3.63, 3.8) is 0 Å². The zero-order valence-corrected chi connectivity index (χ0v) is 7.37. The lowest BCUT2D eigenvalue weighted by Crippen LogP contribution is -1.94. The van der Waals surface area contributed by atoms with Gasteiger partial charge in [0.05, 0.1) is 0 Å². The summed E-state index contributed by atoms with van der Waals surface area (Å²) in [6.07, 6.45) is 0. The minimum atomic E-state index is 0.394. The molecule has 2 aromatic rings. The smallest absolute Gasteiger partial charge is 0.206 e. The number of aryl methyl sites for hydroxylation is 2. The highest BCUT2D eigenvalue weighted by Crippen LogP contribution is 2.16. The zero-order chi connectivity index (χ0) is 8.72. The quantitative estimate of drug-likeness (QED) is 0.565. The summed E-state index contributed by atoms with van der Waals surface area (Å²) in [6.45, 7) is 1.76. The van der Waals surface area contributed by atoms with Crippen LogP contribution in [0.1, 0.15) is 5.82 Å². The first-order valence-corrected chi connectivity index (χ1v) is 3.76. The summed E-state index contributed by atoms with van der Waals surface area (Å²) in [5.74, 6) is 0.605. The fourth-order valence-corrected chi connectivity index (χ4v) is 1.35. The molecule has 0 unspecified atom stereocenters. The molecule has 0 aliphatic heterocycles. The molecule has 0 N–H and O–H groups in total. The van der Waals surface area contributed by atoms with Crippen LogP contribution >= 0.6 is 11.6 Å². The van der Waals surface area contributed by atoms with E-state index in [-0.39, 0.29) is 0 Å². The standard InChI is InChI=1S/C6H6ClN5/c1-3-8-5(7)4-6(9-3)10-11-12(4)2/h1-2H3. The van der Waals surface area contributed by atoms with Gasteiger partial charge in [-0.2, -0.15) is 0 Å². The van der Waals surface area contributed by atoms with Gasteiger partial charge in [0, 0.05) is 7.05 Å². The molecule has 0 saturated heterocycles. The Morgan fingerprint density at radius 1 is 1.33 bits per heavy atom. The molecule has 6 heteroatoms. The highest BCUT2D eigenvalue weighted by molar-refractivity contribution is 6.33. The lowest BCUT2D eigenvalue weighted by atomic mass is 10.5. The lowest BCUT2D eigenvalue weighted by molar-refractivity contribution is 0.735. The molecule has 0 radical (unpaired) electrons. The van der Waals surface area contributed by atoms with Gasteiger partial charge in [0.15, 0.2) is 5.15 Å². The van der Waals surface area contributed by atoms with Gasteiger partial charge in [-0.15, -0.1) is 5.10 Å². The van der Waals surface area contributed by atoms with Crippen molar-refractivity contribution in [2.24, 2.45) is 7.05 Å². The molecule has 0 spiro atoms. The average molecular weight is 184 g/mol. The second kappa shape index (κ2) is 2.38. The van der Waals surface area contributed by atoms with Gasteiger partial charge in [0.25, 0.3) is 0 Å². The van der Waals surface area contributed by atoms with Crippen molar-refractivity contribution in [3.8, 4) is 0 Å². The number of fused-ring (bicyclic) bond motifs is 1. The minimum absolute atomic E-state index is 0.394. The number of nitrogens with zero attached hydrogens (tertiary/aromatic N) is 5. The summed E-state index contributed by atoms with van der Waals surface area (Å²) in [4.78, 5) is 8.06. The lowest BCUT2D eigenvalue weighted by Gasteiger charge is -1.95. The van der Waals surface area contributed by atoms with Crippen molar-refractivity contribution in [1.29, 1.82) is 0 Å². The molecule has 5 nitrogen and oxygen atoms in total. The first kappa shape index (κ1) is 7.42. The Hall–Kier alpha value is -1.23. The van der Waals surface area contributed by atoms with Crippen LogP contribution in [0.3, 0.4) is 0 Å². The van der Waals surface area contributed by atoms with Crippen molar-refractivity contribution in [2.45, 2.75) is 6.92 Å². The molecule has 0 bridgehead atoms. The van der Waals surface area contributed by atoms with Crippen LogP contribution in [0.2, 0.25) is 5.15 Å².